The van der Waals surface area contributed by atoms with Crippen LogP contribution in [0.3, 0.4) is 0 Å². The molecule has 0 amide bonds. The summed E-state index contributed by atoms with van der Waals surface area (Å²) in [4.78, 5) is 6.66. The lowest BCUT2D eigenvalue weighted by Crippen LogP contribution is -2.48. The average molecular weight is 483 g/mol. The van der Waals surface area contributed by atoms with Crippen molar-refractivity contribution in [2.45, 2.75) is 19.4 Å². The van der Waals surface area contributed by atoms with E-state index in [1.54, 1.807) is 7.05 Å². The summed E-state index contributed by atoms with van der Waals surface area (Å²) >= 11 is 0. The number of hydrogen-bond acceptors (Lipinski definition) is 2. The number of benzene rings is 2. The third-order valence-corrected chi connectivity index (χ3v) is 4.72. The molecule has 1 N–H and O–H groups in total. The summed E-state index contributed by atoms with van der Waals surface area (Å²) in [6, 6.07) is 15.0. The highest BCUT2D eigenvalue weighted by Crippen LogP contribution is 2.24. The number of nitrogens with zero attached hydrogens (tertiary/aromatic N) is 2. The summed E-state index contributed by atoms with van der Waals surface area (Å²) in [5, 5.41) is 3.42. The van der Waals surface area contributed by atoms with Gasteiger partial charge in [-0.1, -0.05) is 36.4 Å². The number of nitrogens with one attached hydrogen (secondary N) is 1. The molecule has 27 heavy (non-hydrogen) atoms. The zero-order valence-corrected chi connectivity index (χ0v) is 18.2. The highest BCUT2D eigenvalue weighted by Gasteiger charge is 2.24. The molecule has 146 valence electrons. The first-order chi connectivity index (χ1) is 12.7. The second-order valence-electron chi connectivity index (χ2n) is 6.51. The van der Waals surface area contributed by atoms with Crippen molar-refractivity contribution in [1.29, 1.82) is 0 Å². The molecule has 2 aromatic rings. The first kappa shape index (κ1) is 21.6. The number of rotatable bonds is 4. The molecule has 3 rings (SSSR count). The lowest BCUT2D eigenvalue weighted by molar-refractivity contribution is -0.00829. The van der Waals surface area contributed by atoms with E-state index in [0.29, 0.717) is 6.61 Å². The molecule has 0 aliphatic carbocycles. The molecule has 4 nitrogen and oxygen atoms in total. The van der Waals surface area contributed by atoms with Gasteiger partial charge in [-0.3, -0.25) is 4.99 Å². The van der Waals surface area contributed by atoms with Gasteiger partial charge >= 0.3 is 0 Å². The van der Waals surface area contributed by atoms with Gasteiger partial charge in [-0.05, 0) is 42.2 Å². The van der Waals surface area contributed by atoms with Crippen molar-refractivity contribution in [3.8, 4) is 0 Å². The molecule has 1 fully saturated rings. The Morgan fingerprint density at radius 3 is 2.67 bits per heavy atom. The monoisotopic (exact) mass is 483 g/mol. The Kier molecular flexibility index (Phi) is 8.50. The van der Waals surface area contributed by atoms with Crippen LogP contribution in [0.4, 0.5) is 4.39 Å². The predicted octanol–water partition coefficient (Wildman–Crippen LogP) is 3.94. The van der Waals surface area contributed by atoms with Crippen molar-refractivity contribution < 1.29 is 9.13 Å². The van der Waals surface area contributed by atoms with E-state index < -0.39 is 0 Å². The molecule has 1 unspecified atom stereocenters. The molecular formula is C21H27FIN3O. The zero-order valence-electron chi connectivity index (χ0n) is 15.8. The topological polar surface area (TPSA) is 36.9 Å². The Hall–Kier alpha value is -1.67. The molecule has 0 spiro atoms. The molecule has 0 saturated carbocycles. The lowest BCUT2D eigenvalue weighted by atomic mass is 10.0. The van der Waals surface area contributed by atoms with Crippen molar-refractivity contribution in [3.05, 3.63) is 71.0 Å². The fourth-order valence-electron chi connectivity index (χ4n) is 3.28. The molecule has 0 bridgehead atoms. The fourth-order valence-corrected chi connectivity index (χ4v) is 3.28. The van der Waals surface area contributed by atoms with E-state index in [9.17, 15) is 4.39 Å². The van der Waals surface area contributed by atoms with Crippen LogP contribution in [0.1, 0.15) is 22.8 Å². The molecule has 0 aromatic heterocycles. The average Bonchev–Trinajstić information content (AvgIpc) is 2.67. The quantitative estimate of drug-likeness (QED) is 0.407. The van der Waals surface area contributed by atoms with Crippen LogP contribution in [-0.4, -0.2) is 44.1 Å². The van der Waals surface area contributed by atoms with Gasteiger partial charge in [0.2, 0.25) is 0 Å². The van der Waals surface area contributed by atoms with Crippen molar-refractivity contribution in [2.24, 2.45) is 4.99 Å². The predicted molar refractivity (Wildman–Crippen MR) is 118 cm³/mol. The van der Waals surface area contributed by atoms with Crippen LogP contribution in [0.5, 0.6) is 0 Å². The SMILES string of the molecule is CN=C(NCCc1ccc(F)cc1)N1CCOC(c2ccccc2C)C1.I. The molecule has 1 heterocycles. The zero-order chi connectivity index (χ0) is 18.4. The Morgan fingerprint density at radius 1 is 1.22 bits per heavy atom. The summed E-state index contributed by atoms with van der Waals surface area (Å²) in [5.41, 5.74) is 3.59. The minimum atomic E-state index is -0.201. The number of hydrogen-bond donors (Lipinski definition) is 1. The first-order valence-electron chi connectivity index (χ1n) is 9.04. The van der Waals surface area contributed by atoms with Crippen molar-refractivity contribution in [3.63, 3.8) is 0 Å². The summed E-state index contributed by atoms with van der Waals surface area (Å²) in [5.74, 6) is 0.682. The third-order valence-electron chi connectivity index (χ3n) is 4.72. The second kappa shape index (κ2) is 10.6. The van der Waals surface area contributed by atoms with E-state index in [4.69, 9.17) is 4.74 Å². The second-order valence-corrected chi connectivity index (χ2v) is 6.51. The van der Waals surface area contributed by atoms with E-state index in [1.165, 1.54) is 23.3 Å². The highest BCUT2D eigenvalue weighted by molar-refractivity contribution is 14.0. The van der Waals surface area contributed by atoms with Gasteiger partial charge in [0.1, 0.15) is 11.9 Å². The normalized spacial score (nSPS) is 17.4. The van der Waals surface area contributed by atoms with E-state index in [1.807, 2.05) is 12.1 Å². The Labute approximate surface area is 177 Å². The molecular weight excluding hydrogens is 456 g/mol. The van der Waals surface area contributed by atoms with Gasteiger partial charge < -0.3 is 15.0 Å². The van der Waals surface area contributed by atoms with Crippen LogP contribution < -0.4 is 5.32 Å². The number of ether oxygens (including phenoxy) is 1. The molecule has 1 aliphatic rings. The third kappa shape index (κ3) is 5.90. The van der Waals surface area contributed by atoms with Gasteiger partial charge in [-0.15, -0.1) is 24.0 Å². The maximum atomic E-state index is 13.0. The maximum absolute atomic E-state index is 13.0. The molecule has 1 aliphatic heterocycles. The van der Waals surface area contributed by atoms with Gasteiger partial charge in [0.15, 0.2) is 5.96 Å². The van der Waals surface area contributed by atoms with Crippen molar-refractivity contribution in [2.75, 3.05) is 33.3 Å². The number of halogens is 2. The number of guanidine groups is 1. The smallest absolute Gasteiger partial charge is 0.193 e. The van der Waals surface area contributed by atoms with Crippen LogP contribution in [-0.2, 0) is 11.2 Å². The fraction of sp³-hybridized carbons (Fsp3) is 0.381. The van der Waals surface area contributed by atoms with E-state index in [2.05, 4.69) is 46.4 Å². The summed E-state index contributed by atoms with van der Waals surface area (Å²) < 4.78 is 19.0. The number of aryl methyl sites for hydroxylation is 1. The minimum Gasteiger partial charge on any atom is -0.370 e. The van der Waals surface area contributed by atoms with Gasteiger partial charge in [-0.25, -0.2) is 4.39 Å². The van der Waals surface area contributed by atoms with Gasteiger partial charge in [0.05, 0.1) is 13.2 Å². The van der Waals surface area contributed by atoms with E-state index in [-0.39, 0.29) is 35.9 Å². The van der Waals surface area contributed by atoms with Gasteiger partial charge in [0.25, 0.3) is 0 Å². The van der Waals surface area contributed by atoms with Crippen LogP contribution in [0.25, 0.3) is 0 Å². The van der Waals surface area contributed by atoms with Gasteiger partial charge in [0, 0.05) is 20.1 Å². The largest absolute Gasteiger partial charge is 0.370 e. The summed E-state index contributed by atoms with van der Waals surface area (Å²) in [6.07, 6.45) is 0.880. The molecule has 1 atom stereocenters. The van der Waals surface area contributed by atoms with Gasteiger partial charge in [-0.2, -0.15) is 0 Å². The van der Waals surface area contributed by atoms with Crippen LogP contribution >= 0.6 is 24.0 Å². The highest BCUT2D eigenvalue weighted by atomic mass is 127. The van der Waals surface area contributed by atoms with Crippen molar-refractivity contribution >= 4 is 29.9 Å². The number of aliphatic imine (C=N–C) groups is 1. The molecule has 2 aromatic carbocycles. The van der Waals surface area contributed by atoms with E-state index >= 15 is 0 Å². The van der Waals surface area contributed by atoms with Crippen LogP contribution in [0.2, 0.25) is 0 Å². The standard InChI is InChI=1S/C21H26FN3O.HI/c1-16-5-3-4-6-19(16)20-15-25(13-14-26-20)21(23-2)24-12-11-17-7-9-18(22)10-8-17;/h3-10,20H,11-15H2,1-2H3,(H,23,24);1H. The molecule has 1 saturated heterocycles. The van der Waals surface area contributed by atoms with Crippen molar-refractivity contribution in [1.82, 2.24) is 10.2 Å². The molecule has 0 radical (unpaired) electrons. The summed E-state index contributed by atoms with van der Waals surface area (Å²) in [6.45, 7) is 5.15. The summed E-state index contributed by atoms with van der Waals surface area (Å²) in [7, 11) is 1.80. The Morgan fingerprint density at radius 2 is 1.96 bits per heavy atom. The maximum Gasteiger partial charge on any atom is 0.193 e. The number of morpholine rings is 1. The van der Waals surface area contributed by atoms with Crippen LogP contribution in [0.15, 0.2) is 53.5 Å². The Balaban J connectivity index is 0.00000261. The Bertz CT molecular complexity index is 751. The lowest BCUT2D eigenvalue weighted by Gasteiger charge is -2.35. The van der Waals surface area contributed by atoms with E-state index in [0.717, 1.165) is 37.6 Å². The minimum absolute atomic E-state index is 0. The molecule has 6 heteroatoms. The first-order valence-corrected chi connectivity index (χ1v) is 9.04. The van der Waals surface area contributed by atoms with Crippen LogP contribution in [0, 0.1) is 12.7 Å².